The van der Waals surface area contributed by atoms with Crippen molar-refractivity contribution in [2.24, 2.45) is 0 Å². The summed E-state index contributed by atoms with van der Waals surface area (Å²) in [6.07, 6.45) is 5.76. The minimum atomic E-state index is -0.812. The molecule has 0 aromatic heterocycles. The Kier molecular flexibility index (Phi) is 13.6. The molecule has 1 atom stereocenters. The summed E-state index contributed by atoms with van der Waals surface area (Å²) < 4.78 is 22.6. The van der Waals surface area contributed by atoms with Crippen molar-refractivity contribution in [1.29, 1.82) is 0 Å². The highest BCUT2D eigenvalue weighted by Gasteiger charge is 2.32. The van der Waals surface area contributed by atoms with Gasteiger partial charge in [-0.2, -0.15) is 0 Å². The maximum Gasteiger partial charge on any atom is 0.342 e. The van der Waals surface area contributed by atoms with Crippen LogP contribution in [0.3, 0.4) is 0 Å². The molecular weight excluding hydrogens is 572 g/mol. The Hall–Kier alpha value is -0.380. The van der Waals surface area contributed by atoms with Gasteiger partial charge in [0, 0.05) is 43.2 Å². The Morgan fingerprint density at radius 2 is 2.09 bits per heavy atom. The van der Waals surface area contributed by atoms with Gasteiger partial charge >= 0.3 is 5.97 Å². The summed E-state index contributed by atoms with van der Waals surface area (Å²) >= 11 is 2.27. The molecule has 1 aliphatic heterocycles. The van der Waals surface area contributed by atoms with Crippen molar-refractivity contribution >= 4 is 44.5 Å². The second-order valence-electron chi connectivity index (χ2n) is 7.61. The summed E-state index contributed by atoms with van der Waals surface area (Å²) in [6, 6.07) is 0. The lowest BCUT2D eigenvalue weighted by Crippen LogP contribution is -2.21. The molecular formula is C24H37INO5PS. The molecule has 0 radical (unpaired) electrons. The number of hydrogen-bond acceptors (Lipinski definition) is 7. The fraction of sp³-hybridized carbons (Fsp3) is 0.625. The van der Waals surface area contributed by atoms with E-state index in [1.807, 2.05) is 6.92 Å². The summed E-state index contributed by atoms with van der Waals surface area (Å²) in [6.45, 7) is 11.7. The van der Waals surface area contributed by atoms with Crippen LogP contribution in [-0.2, 0) is 33.2 Å². The molecule has 0 spiro atoms. The van der Waals surface area contributed by atoms with Crippen LogP contribution in [0.15, 0.2) is 11.6 Å². The van der Waals surface area contributed by atoms with Crippen LogP contribution in [0.1, 0.15) is 59.8 Å². The fourth-order valence-electron chi connectivity index (χ4n) is 4.02. The molecule has 1 aromatic rings. The third kappa shape index (κ3) is 8.07. The zero-order valence-electron chi connectivity index (χ0n) is 20.4. The number of rotatable bonds is 16. The SMILES string of the molecule is CCOP(CCNC/C(=C/Cc1c(CC)c(C)c2c(c1OCCSI)C(=O)OC2)CC)OC. The van der Waals surface area contributed by atoms with Gasteiger partial charge < -0.3 is 23.8 Å². The molecule has 1 heterocycles. The van der Waals surface area contributed by atoms with Gasteiger partial charge in [0.1, 0.15) is 17.9 Å². The lowest BCUT2D eigenvalue weighted by atomic mass is 9.89. The highest BCUT2D eigenvalue weighted by molar-refractivity contribution is 14.2. The molecule has 2 rings (SSSR count). The lowest BCUT2D eigenvalue weighted by molar-refractivity contribution is 0.0532. The Morgan fingerprint density at radius 3 is 2.73 bits per heavy atom. The summed E-state index contributed by atoms with van der Waals surface area (Å²) in [7, 11) is 2.60. The van der Waals surface area contributed by atoms with Gasteiger partial charge in [0.15, 0.2) is 8.38 Å². The van der Waals surface area contributed by atoms with E-state index in [0.29, 0.717) is 25.4 Å². The number of carbonyl (C=O) groups excluding carboxylic acids is 1. The minimum absolute atomic E-state index is 0.264. The highest BCUT2D eigenvalue weighted by atomic mass is 127. The molecule has 1 unspecified atom stereocenters. The first kappa shape index (κ1) is 28.9. The number of cyclic esters (lactones) is 1. The Balaban J connectivity index is 2.21. The third-order valence-corrected chi connectivity index (χ3v) is 8.92. The molecule has 9 heteroatoms. The van der Waals surface area contributed by atoms with E-state index >= 15 is 0 Å². The predicted octanol–water partition coefficient (Wildman–Crippen LogP) is 6.15. The number of carbonyl (C=O) groups is 1. The largest absolute Gasteiger partial charge is 0.491 e. The van der Waals surface area contributed by atoms with Crippen LogP contribution in [0, 0.1) is 6.92 Å². The number of ether oxygens (including phenoxy) is 2. The highest BCUT2D eigenvalue weighted by Crippen LogP contribution is 2.39. The molecule has 0 fully saturated rings. The first-order valence-electron chi connectivity index (χ1n) is 11.6. The van der Waals surface area contributed by atoms with E-state index in [1.54, 1.807) is 16.0 Å². The fourth-order valence-corrected chi connectivity index (χ4v) is 5.75. The van der Waals surface area contributed by atoms with E-state index in [9.17, 15) is 4.79 Å². The van der Waals surface area contributed by atoms with Crippen LogP contribution in [0.4, 0.5) is 0 Å². The van der Waals surface area contributed by atoms with E-state index in [2.05, 4.69) is 53.4 Å². The predicted molar refractivity (Wildman–Crippen MR) is 147 cm³/mol. The van der Waals surface area contributed by atoms with Crippen LogP contribution >= 0.6 is 38.5 Å². The Morgan fingerprint density at radius 1 is 1.30 bits per heavy atom. The van der Waals surface area contributed by atoms with Crippen LogP contribution in [0.2, 0.25) is 0 Å². The molecule has 0 bridgehead atoms. The van der Waals surface area contributed by atoms with Gasteiger partial charge in [0.05, 0.1) is 13.2 Å². The number of allylic oxidation sites excluding steroid dienone is 1. The number of halogens is 1. The van der Waals surface area contributed by atoms with Gasteiger partial charge in [-0.05, 0) is 65.4 Å². The summed E-state index contributed by atoms with van der Waals surface area (Å²) in [5, 5.41) is 3.52. The van der Waals surface area contributed by atoms with E-state index in [-0.39, 0.29) is 5.97 Å². The van der Waals surface area contributed by atoms with Crippen molar-refractivity contribution in [1.82, 2.24) is 5.32 Å². The van der Waals surface area contributed by atoms with Crippen molar-refractivity contribution in [2.45, 2.75) is 53.6 Å². The number of hydrogen-bond donors (Lipinski definition) is 1. The van der Waals surface area contributed by atoms with E-state index < -0.39 is 8.38 Å². The maximum absolute atomic E-state index is 12.6. The zero-order chi connectivity index (χ0) is 24.2. The lowest BCUT2D eigenvalue weighted by Gasteiger charge is -2.20. The van der Waals surface area contributed by atoms with Gasteiger partial charge in [0.2, 0.25) is 0 Å². The molecule has 1 N–H and O–H groups in total. The molecule has 0 aliphatic carbocycles. The van der Waals surface area contributed by atoms with E-state index in [4.69, 9.17) is 18.5 Å². The number of esters is 1. The maximum atomic E-state index is 12.6. The molecule has 0 saturated carbocycles. The van der Waals surface area contributed by atoms with Crippen LogP contribution in [0.5, 0.6) is 5.75 Å². The first-order valence-corrected chi connectivity index (χ1v) is 16.4. The Labute approximate surface area is 216 Å². The molecule has 1 aromatic carbocycles. The third-order valence-electron chi connectivity index (χ3n) is 5.73. The molecule has 0 amide bonds. The smallest absolute Gasteiger partial charge is 0.342 e. The number of nitrogens with one attached hydrogen (secondary N) is 1. The van der Waals surface area contributed by atoms with E-state index in [0.717, 1.165) is 66.7 Å². The topological polar surface area (TPSA) is 66.0 Å². The van der Waals surface area contributed by atoms with Crippen molar-refractivity contribution < 1.29 is 23.3 Å². The Bertz CT molecular complexity index is 821. The first-order chi connectivity index (χ1) is 16.0. The van der Waals surface area contributed by atoms with E-state index in [1.165, 1.54) is 11.1 Å². The van der Waals surface area contributed by atoms with Crippen molar-refractivity contribution in [2.75, 3.05) is 45.3 Å². The number of benzene rings is 1. The summed E-state index contributed by atoms with van der Waals surface area (Å²) in [5.74, 6) is 1.33. The summed E-state index contributed by atoms with van der Waals surface area (Å²) in [4.78, 5) is 12.6. The normalized spacial score (nSPS) is 14.4. The second-order valence-corrected chi connectivity index (χ2v) is 11.8. The molecule has 33 heavy (non-hydrogen) atoms. The monoisotopic (exact) mass is 609 g/mol. The molecule has 0 saturated heterocycles. The average Bonchev–Trinajstić information content (AvgIpc) is 3.21. The van der Waals surface area contributed by atoms with Gasteiger partial charge in [-0.15, -0.1) is 0 Å². The van der Waals surface area contributed by atoms with Gasteiger partial charge in [-0.25, -0.2) is 4.79 Å². The van der Waals surface area contributed by atoms with Gasteiger partial charge in [-0.1, -0.05) is 34.4 Å². The molecule has 186 valence electrons. The standard InChI is InChI=1S/C24H37INO5PS/c1-6-18(15-26-11-13-32(28-5)31-8-3)9-10-20-19(7-2)17(4)21-16-30-24(27)22(21)23(20)29-12-14-33-25/h9,26H,6-8,10-16H2,1-5H3/b18-9+. The quantitative estimate of drug-likeness (QED) is 0.0793. The van der Waals surface area contributed by atoms with Crippen LogP contribution < -0.4 is 10.1 Å². The van der Waals surface area contributed by atoms with Crippen molar-refractivity contribution in [3.63, 3.8) is 0 Å². The van der Waals surface area contributed by atoms with Crippen molar-refractivity contribution in [3.8, 4) is 5.75 Å². The number of fused-ring (bicyclic) bond motifs is 1. The second kappa shape index (κ2) is 15.6. The summed E-state index contributed by atoms with van der Waals surface area (Å²) in [5.41, 5.74) is 6.51. The molecule has 1 aliphatic rings. The average molecular weight is 610 g/mol. The van der Waals surface area contributed by atoms with Crippen LogP contribution in [0.25, 0.3) is 0 Å². The van der Waals surface area contributed by atoms with Gasteiger partial charge in [0.25, 0.3) is 0 Å². The van der Waals surface area contributed by atoms with Crippen molar-refractivity contribution in [3.05, 3.63) is 39.5 Å². The van der Waals surface area contributed by atoms with Gasteiger partial charge in [-0.3, -0.25) is 0 Å². The van der Waals surface area contributed by atoms with Crippen LogP contribution in [-0.4, -0.2) is 51.3 Å². The minimum Gasteiger partial charge on any atom is -0.491 e. The molecule has 6 nitrogen and oxygen atoms in total. The zero-order valence-corrected chi connectivity index (χ0v) is 24.3.